The molecule has 1 saturated carbocycles. The quantitative estimate of drug-likeness (QED) is 0.327. The molecule has 12 heteroatoms. The van der Waals surface area contributed by atoms with Gasteiger partial charge in [-0.2, -0.15) is 4.90 Å². The fraction of sp³-hybridized carbons (Fsp3) is 0.576. The number of nitrogens with one attached hydrogen (secondary N) is 1. The Kier molecular flexibility index (Phi) is 10.4. The van der Waals surface area contributed by atoms with Crippen LogP contribution in [0, 0.1) is 18.7 Å². The molecule has 0 bridgehead atoms. The summed E-state index contributed by atoms with van der Waals surface area (Å²) in [5.41, 5.74) is 0.561. The number of carbonyl (C=O) groups excluding carboxylic acids is 2. The maximum Gasteiger partial charge on any atom is 0.425 e. The molecule has 45 heavy (non-hydrogen) atoms. The fourth-order valence-electron chi connectivity index (χ4n) is 5.45. The van der Waals surface area contributed by atoms with Crippen LogP contribution in [0.3, 0.4) is 0 Å². The Hall–Kier alpha value is -3.77. The predicted molar refractivity (Wildman–Crippen MR) is 166 cm³/mol. The van der Waals surface area contributed by atoms with Crippen molar-refractivity contribution in [2.24, 2.45) is 5.92 Å². The lowest BCUT2D eigenvalue weighted by Gasteiger charge is -2.28. The molecule has 1 aliphatic heterocycles. The van der Waals surface area contributed by atoms with E-state index in [1.807, 2.05) is 19.1 Å². The van der Waals surface area contributed by atoms with Crippen LogP contribution in [-0.4, -0.2) is 82.9 Å². The van der Waals surface area contributed by atoms with Crippen molar-refractivity contribution in [2.75, 3.05) is 31.1 Å². The highest BCUT2D eigenvalue weighted by Crippen LogP contribution is 2.40. The summed E-state index contributed by atoms with van der Waals surface area (Å²) in [6, 6.07) is 10.3. The Morgan fingerprint density at radius 1 is 1.04 bits per heavy atom. The average Bonchev–Trinajstić information content (AvgIpc) is 3.55. The van der Waals surface area contributed by atoms with Crippen molar-refractivity contribution >= 4 is 24.1 Å². The molecule has 1 aliphatic carbocycles. The van der Waals surface area contributed by atoms with Crippen molar-refractivity contribution in [1.82, 2.24) is 15.2 Å². The van der Waals surface area contributed by atoms with E-state index in [2.05, 4.69) is 10.3 Å². The molecule has 2 fully saturated rings. The third kappa shape index (κ3) is 9.86. The lowest BCUT2D eigenvalue weighted by atomic mass is 9.98. The second kappa shape index (κ2) is 13.7. The molecule has 246 valence electrons. The van der Waals surface area contributed by atoms with Gasteiger partial charge in [-0.1, -0.05) is 12.1 Å². The number of aryl methyl sites for hydroxylation is 1. The lowest BCUT2D eigenvalue weighted by molar-refractivity contribution is 0.0357. The summed E-state index contributed by atoms with van der Waals surface area (Å²) in [6.07, 6.45) is -1.95. The number of benzene rings is 1. The number of anilines is 1. The van der Waals surface area contributed by atoms with Crippen LogP contribution >= 0.6 is 0 Å². The van der Waals surface area contributed by atoms with Gasteiger partial charge in [0.05, 0.1) is 19.3 Å². The maximum absolute atomic E-state index is 13.6. The van der Waals surface area contributed by atoms with Crippen LogP contribution in [0.25, 0.3) is 0 Å². The van der Waals surface area contributed by atoms with E-state index >= 15 is 0 Å². The molecule has 4 rings (SSSR count). The number of hydrogen-bond donors (Lipinski definition) is 2. The van der Waals surface area contributed by atoms with Gasteiger partial charge in [-0.3, -0.25) is 0 Å². The fourth-order valence-corrected chi connectivity index (χ4v) is 5.45. The molecule has 2 N–H and O–H groups in total. The Labute approximate surface area is 264 Å². The van der Waals surface area contributed by atoms with Crippen LogP contribution < -0.4 is 10.2 Å². The minimum Gasteiger partial charge on any atom is -0.465 e. The second-order valence-electron chi connectivity index (χ2n) is 13.8. The number of halogens is 1. The number of pyridine rings is 1. The summed E-state index contributed by atoms with van der Waals surface area (Å²) >= 11 is 0. The zero-order chi connectivity index (χ0) is 33.1. The molecular formula is C33H45FN4O7. The normalized spacial score (nSPS) is 21.4. The van der Waals surface area contributed by atoms with Gasteiger partial charge in [0, 0.05) is 36.7 Å². The topological polar surface area (TPSA) is 131 Å². The molecule has 4 atom stereocenters. The van der Waals surface area contributed by atoms with Crippen LogP contribution in [0.15, 0.2) is 36.4 Å². The van der Waals surface area contributed by atoms with E-state index < -0.39 is 29.5 Å². The van der Waals surface area contributed by atoms with Gasteiger partial charge in [0.1, 0.15) is 22.8 Å². The molecule has 2 unspecified atom stereocenters. The molecule has 0 spiro atoms. The molecule has 2 heterocycles. The van der Waals surface area contributed by atoms with Crippen molar-refractivity contribution in [2.45, 2.75) is 90.6 Å². The predicted octanol–water partition coefficient (Wildman–Crippen LogP) is 5.89. The van der Waals surface area contributed by atoms with Crippen LogP contribution in [0.4, 0.5) is 24.6 Å². The summed E-state index contributed by atoms with van der Waals surface area (Å²) < 4.78 is 30.8. The summed E-state index contributed by atoms with van der Waals surface area (Å²) in [5.74, 6) is -0.124. The van der Waals surface area contributed by atoms with Gasteiger partial charge in [-0.25, -0.2) is 23.8 Å². The molecule has 1 aromatic heterocycles. The third-order valence-electron chi connectivity index (χ3n) is 7.42. The number of carbonyl (C=O) groups is 3. The van der Waals surface area contributed by atoms with E-state index in [0.29, 0.717) is 25.3 Å². The number of hydrogen-bond acceptors (Lipinski definition) is 8. The van der Waals surface area contributed by atoms with Gasteiger partial charge >= 0.3 is 18.3 Å². The van der Waals surface area contributed by atoms with Gasteiger partial charge in [0.15, 0.2) is 0 Å². The average molecular weight is 629 g/mol. The van der Waals surface area contributed by atoms with Crippen molar-refractivity contribution < 1.29 is 38.1 Å². The van der Waals surface area contributed by atoms with Gasteiger partial charge < -0.3 is 29.5 Å². The number of ether oxygens (including phenoxy) is 3. The first kappa shape index (κ1) is 34.1. The molecule has 0 radical (unpaired) electrons. The molecule has 11 nitrogen and oxygen atoms in total. The van der Waals surface area contributed by atoms with Gasteiger partial charge in [-0.15, -0.1) is 0 Å². The smallest absolute Gasteiger partial charge is 0.425 e. The largest absolute Gasteiger partial charge is 0.465 e. The molecule has 3 amide bonds. The highest BCUT2D eigenvalue weighted by molar-refractivity contribution is 6.08. The van der Waals surface area contributed by atoms with Crippen LogP contribution in [0.2, 0.25) is 0 Å². The summed E-state index contributed by atoms with van der Waals surface area (Å²) in [7, 11) is 0. The van der Waals surface area contributed by atoms with Crippen molar-refractivity contribution in [1.29, 1.82) is 0 Å². The molecule has 2 aliphatic rings. The molecule has 1 aromatic carbocycles. The molecular weight excluding hydrogens is 583 g/mol. The van der Waals surface area contributed by atoms with E-state index in [4.69, 9.17) is 14.2 Å². The third-order valence-corrected chi connectivity index (χ3v) is 7.42. The van der Waals surface area contributed by atoms with Gasteiger partial charge in [0.2, 0.25) is 0 Å². The monoisotopic (exact) mass is 628 g/mol. The Morgan fingerprint density at radius 2 is 1.71 bits per heavy atom. The number of aromatic nitrogens is 1. The first-order valence-corrected chi connectivity index (χ1v) is 15.3. The van der Waals surface area contributed by atoms with Crippen molar-refractivity contribution in [3.05, 3.63) is 59.0 Å². The van der Waals surface area contributed by atoms with E-state index in [-0.39, 0.29) is 48.7 Å². The van der Waals surface area contributed by atoms with E-state index in [9.17, 15) is 23.9 Å². The number of imide groups is 1. The number of rotatable bonds is 9. The van der Waals surface area contributed by atoms with E-state index in [1.54, 1.807) is 59.7 Å². The second-order valence-corrected chi connectivity index (χ2v) is 13.8. The first-order valence-electron chi connectivity index (χ1n) is 15.3. The van der Waals surface area contributed by atoms with Gasteiger partial charge in [-0.05, 0) is 96.7 Å². The van der Waals surface area contributed by atoms with Crippen LogP contribution in [0.1, 0.15) is 70.7 Å². The summed E-state index contributed by atoms with van der Waals surface area (Å²) in [6.45, 7) is 13.4. The van der Waals surface area contributed by atoms with Crippen molar-refractivity contribution in [3.63, 3.8) is 0 Å². The zero-order valence-electron chi connectivity index (χ0n) is 27.1. The SMILES string of the molecule is Cc1cc(CC2CN(C(=O)O)CC2OCCN[C@@H]2C[C@H]2c2cccc(F)c2)nc(N(C(=O)OC(C)(C)C)C(=O)OC(C)(C)C)c1. The maximum atomic E-state index is 13.6. The van der Waals surface area contributed by atoms with Gasteiger partial charge in [0.25, 0.3) is 0 Å². The minimum absolute atomic E-state index is 0.0561. The van der Waals surface area contributed by atoms with Crippen LogP contribution in [0.5, 0.6) is 0 Å². The Morgan fingerprint density at radius 3 is 2.31 bits per heavy atom. The Bertz CT molecular complexity index is 1360. The summed E-state index contributed by atoms with van der Waals surface area (Å²) in [5, 5.41) is 13.1. The van der Waals surface area contributed by atoms with E-state index in [0.717, 1.165) is 22.4 Å². The minimum atomic E-state index is -1.03. The highest BCUT2D eigenvalue weighted by atomic mass is 19.1. The standard InChI is InChI=1S/C33H45FN4O7/c1-20-13-24(36-28(14-20)38(30(41)44-32(2,3)4)31(42)45-33(5,6)7)16-22-18-37(29(39)40)19-27(22)43-12-11-35-26-17-25(26)21-9-8-10-23(34)15-21/h8-10,13-15,22,25-27,35H,11-12,16-19H2,1-7H3,(H,39,40)/t22?,25-,26+,27?/m0/s1. The zero-order valence-corrected chi connectivity index (χ0v) is 27.1. The Balaban J connectivity index is 1.44. The number of carboxylic acid groups (broad SMARTS) is 1. The van der Waals surface area contributed by atoms with Crippen LogP contribution in [-0.2, 0) is 20.6 Å². The van der Waals surface area contributed by atoms with Crippen molar-refractivity contribution in [3.8, 4) is 0 Å². The highest BCUT2D eigenvalue weighted by Gasteiger charge is 2.39. The van der Waals surface area contributed by atoms with E-state index in [1.165, 1.54) is 11.0 Å². The number of amides is 3. The molecule has 2 aromatic rings. The lowest BCUT2D eigenvalue weighted by Crippen LogP contribution is -2.44. The first-order chi connectivity index (χ1) is 21.0. The summed E-state index contributed by atoms with van der Waals surface area (Å²) in [4.78, 5) is 45.0. The number of likely N-dealkylation sites (tertiary alicyclic amines) is 1. The molecule has 1 saturated heterocycles. The number of nitrogens with zero attached hydrogens (tertiary/aromatic N) is 3.